The van der Waals surface area contributed by atoms with Gasteiger partial charge in [-0.1, -0.05) is 13.0 Å². The van der Waals surface area contributed by atoms with Gasteiger partial charge in [-0.2, -0.15) is 0 Å². The number of piperidine rings is 1. The number of aryl methyl sites for hydroxylation is 1. The molecule has 1 unspecified atom stereocenters. The summed E-state index contributed by atoms with van der Waals surface area (Å²) in [6.45, 7) is 3.77. The Morgan fingerprint density at radius 3 is 3.03 bits per heavy atom. The number of carbonyl (C=O) groups excluding carboxylic acids is 1. The van der Waals surface area contributed by atoms with Crippen LogP contribution in [0.3, 0.4) is 0 Å². The Morgan fingerprint density at radius 2 is 2.23 bits per heavy atom. The van der Waals surface area contributed by atoms with Crippen LogP contribution < -0.4 is 15.2 Å². The molecule has 2 aliphatic rings. The molecule has 2 aliphatic heterocycles. The van der Waals surface area contributed by atoms with E-state index in [1.165, 1.54) is 0 Å². The number of likely N-dealkylation sites (tertiary alicyclic amines) is 1. The van der Waals surface area contributed by atoms with Gasteiger partial charge in [0, 0.05) is 36.5 Å². The maximum Gasteiger partial charge on any atom is 0.253 e. The van der Waals surface area contributed by atoms with Crippen LogP contribution in [0.1, 0.15) is 41.4 Å². The average Bonchev–Trinajstić information content (AvgIpc) is 2.76. The molecule has 166 valence electrons. The molecule has 31 heavy (non-hydrogen) atoms. The lowest BCUT2D eigenvalue weighted by atomic mass is 9.98. The van der Waals surface area contributed by atoms with Crippen molar-refractivity contribution < 1.29 is 18.6 Å². The van der Waals surface area contributed by atoms with Crippen molar-refractivity contribution in [3.8, 4) is 5.75 Å². The molecule has 0 radical (unpaired) electrons. The molecule has 4 rings (SSSR count). The molecule has 5 N–H and O–H groups in total. The first-order valence-corrected chi connectivity index (χ1v) is 11.8. The lowest BCUT2D eigenvalue weighted by molar-refractivity contribution is 0.0633. The normalized spacial score (nSPS) is 20.8. The zero-order chi connectivity index (χ0) is 22.0. The number of rotatable bonds is 5. The monoisotopic (exact) mass is 445 g/mol. The van der Waals surface area contributed by atoms with Gasteiger partial charge in [-0.05, 0) is 54.5 Å². The molecule has 10 heteroatoms. The summed E-state index contributed by atoms with van der Waals surface area (Å²) in [6, 6.07) is 8.84. The summed E-state index contributed by atoms with van der Waals surface area (Å²) in [6.07, 6.45) is 4.34. The van der Waals surface area contributed by atoms with E-state index >= 15 is 0 Å². The molecule has 3 heterocycles. The zero-order valence-electron chi connectivity index (χ0n) is 17.3. The van der Waals surface area contributed by atoms with Gasteiger partial charge < -0.3 is 15.4 Å². The Bertz CT molecular complexity index is 1010. The van der Waals surface area contributed by atoms with Crippen LogP contribution in [0.5, 0.6) is 5.75 Å². The first-order chi connectivity index (χ1) is 14.9. The summed E-state index contributed by atoms with van der Waals surface area (Å²) in [5, 5.41) is 0. The Morgan fingerprint density at radius 1 is 1.39 bits per heavy atom. The highest BCUT2D eigenvalue weighted by molar-refractivity contribution is 8.24. The molecule has 1 aromatic carbocycles. The Kier molecular flexibility index (Phi) is 6.03. The molecule has 9 nitrogen and oxygen atoms in total. The van der Waals surface area contributed by atoms with E-state index in [-0.39, 0.29) is 17.7 Å². The minimum atomic E-state index is -3.34. The lowest BCUT2D eigenvalue weighted by Crippen LogP contribution is -2.41. The van der Waals surface area contributed by atoms with Gasteiger partial charge in [-0.3, -0.25) is 23.6 Å². The third kappa shape index (κ3) is 4.76. The minimum Gasteiger partial charge on any atom is -0.492 e. The van der Waals surface area contributed by atoms with Crippen LogP contribution >= 0.6 is 11.0 Å². The van der Waals surface area contributed by atoms with Gasteiger partial charge in [-0.25, -0.2) is 0 Å². The number of fused-ring (bicyclic) bond motifs is 1. The van der Waals surface area contributed by atoms with Gasteiger partial charge in [0.1, 0.15) is 5.75 Å². The molecule has 0 aliphatic carbocycles. The molecule has 0 saturated carbocycles. The summed E-state index contributed by atoms with van der Waals surface area (Å²) >= 11 is 0. The van der Waals surface area contributed by atoms with Crippen molar-refractivity contribution in [3.05, 3.63) is 53.3 Å². The number of nitrogens with two attached hydrogens (primary N) is 1. The molecule has 1 fully saturated rings. The number of amidine groups is 1. The average molecular weight is 446 g/mol. The van der Waals surface area contributed by atoms with Crippen molar-refractivity contribution in [1.82, 2.24) is 9.88 Å². The van der Waals surface area contributed by atoms with E-state index in [1.807, 2.05) is 17.9 Å². The smallest absolute Gasteiger partial charge is 0.253 e. The van der Waals surface area contributed by atoms with E-state index in [9.17, 15) is 13.9 Å². The van der Waals surface area contributed by atoms with E-state index < -0.39 is 11.0 Å². The first-order valence-electron chi connectivity index (χ1n) is 10.3. The van der Waals surface area contributed by atoms with E-state index in [0.717, 1.165) is 31.5 Å². The number of nitrogens with zero attached hydrogens (tertiary/aromatic N) is 3. The number of benzene rings is 1. The summed E-state index contributed by atoms with van der Waals surface area (Å²) < 4.78 is 32.0. The van der Waals surface area contributed by atoms with Gasteiger partial charge >= 0.3 is 0 Å². The predicted molar refractivity (Wildman–Crippen MR) is 121 cm³/mol. The number of hydrogen-bond donors (Lipinski definition) is 4. The molecule has 1 saturated heterocycles. The second-order valence-corrected chi connectivity index (χ2v) is 9.16. The van der Waals surface area contributed by atoms with E-state index in [0.29, 0.717) is 35.7 Å². The topological polar surface area (TPSA) is 133 Å². The standard InChI is InChI=1S/C21H27N5O4S/c1-2-16-11-15(8-9-23-16)21(27)26-10-4-5-14(12-26)13-30-18-7-3-6-17-19(18)20(22)25-31(28,29)24-17/h3,6-9,11,14,24,28-29H,2,4-5,10,12-13H2,1H3,(H2,22,25). The lowest BCUT2D eigenvalue weighted by Gasteiger charge is -2.34. The SMILES string of the molecule is CCc1cc(C(=O)N2CCCC(COc3cccc4c3C(N)=NS(O)(O)N4)C2)ccn1. The Hall–Kier alpha value is -2.82. The van der Waals surface area contributed by atoms with Gasteiger partial charge in [0.05, 0.1) is 17.9 Å². The number of carbonyl (C=O) groups is 1. The number of ether oxygens (including phenoxy) is 1. The van der Waals surface area contributed by atoms with Gasteiger partial charge in [0.15, 0.2) is 5.84 Å². The molecular weight excluding hydrogens is 418 g/mol. The van der Waals surface area contributed by atoms with Crippen LogP contribution in [-0.2, 0) is 6.42 Å². The Balaban J connectivity index is 1.43. The highest BCUT2D eigenvalue weighted by Crippen LogP contribution is 2.46. The highest BCUT2D eigenvalue weighted by atomic mass is 32.3. The number of pyridine rings is 1. The number of hydrogen-bond acceptors (Lipinski definition) is 8. The van der Waals surface area contributed by atoms with Crippen molar-refractivity contribution >= 4 is 28.4 Å². The second kappa shape index (κ2) is 8.74. The van der Waals surface area contributed by atoms with Crippen LogP contribution in [-0.4, -0.2) is 50.4 Å². The quantitative estimate of drug-likeness (QED) is 0.555. The number of amides is 1. The van der Waals surface area contributed by atoms with Crippen molar-refractivity contribution in [2.75, 3.05) is 24.4 Å². The molecule has 1 aromatic heterocycles. The largest absolute Gasteiger partial charge is 0.492 e. The fourth-order valence-electron chi connectivity index (χ4n) is 3.93. The van der Waals surface area contributed by atoms with E-state index in [1.54, 1.807) is 30.5 Å². The summed E-state index contributed by atoms with van der Waals surface area (Å²) in [5.41, 5.74) is 8.51. The molecular formula is C21H27N5O4S. The van der Waals surface area contributed by atoms with Gasteiger partial charge in [-0.15, -0.1) is 4.40 Å². The van der Waals surface area contributed by atoms with Crippen LogP contribution in [0.25, 0.3) is 0 Å². The number of aromatic nitrogens is 1. The van der Waals surface area contributed by atoms with Crippen LogP contribution in [0, 0.1) is 5.92 Å². The molecule has 1 atom stereocenters. The zero-order valence-corrected chi connectivity index (χ0v) is 18.1. The van der Waals surface area contributed by atoms with Gasteiger partial charge in [0.25, 0.3) is 5.91 Å². The van der Waals surface area contributed by atoms with Crippen molar-refractivity contribution in [2.24, 2.45) is 16.0 Å². The van der Waals surface area contributed by atoms with Crippen molar-refractivity contribution in [3.63, 3.8) is 0 Å². The fraction of sp³-hybridized carbons (Fsp3) is 0.381. The summed E-state index contributed by atoms with van der Waals surface area (Å²) in [5.74, 6) is 0.737. The third-order valence-electron chi connectivity index (χ3n) is 5.46. The van der Waals surface area contributed by atoms with Crippen LogP contribution in [0.4, 0.5) is 5.69 Å². The predicted octanol–water partition coefficient (Wildman–Crippen LogP) is 3.29. The van der Waals surface area contributed by atoms with Crippen LogP contribution in [0.2, 0.25) is 0 Å². The first kappa shape index (κ1) is 21.4. The van der Waals surface area contributed by atoms with Crippen LogP contribution in [0.15, 0.2) is 40.9 Å². The number of anilines is 1. The van der Waals surface area contributed by atoms with Crippen molar-refractivity contribution in [2.45, 2.75) is 26.2 Å². The fourth-order valence-corrected chi connectivity index (χ4v) is 4.81. The third-order valence-corrected chi connectivity index (χ3v) is 6.41. The van der Waals surface area contributed by atoms with Gasteiger partial charge in [0.2, 0.25) is 0 Å². The molecule has 0 spiro atoms. The van der Waals surface area contributed by atoms with E-state index in [2.05, 4.69) is 14.1 Å². The second-order valence-electron chi connectivity index (χ2n) is 7.74. The maximum atomic E-state index is 13.0. The molecule has 1 amide bonds. The minimum absolute atomic E-state index is 0.0182. The highest BCUT2D eigenvalue weighted by Gasteiger charge is 2.28. The summed E-state index contributed by atoms with van der Waals surface area (Å²) in [4.78, 5) is 19.1. The summed E-state index contributed by atoms with van der Waals surface area (Å²) in [7, 11) is -3.34. The number of nitrogens with one attached hydrogen (secondary N) is 1. The maximum absolute atomic E-state index is 13.0. The van der Waals surface area contributed by atoms with E-state index in [4.69, 9.17) is 10.5 Å². The molecule has 0 bridgehead atoms. The van der Waals surface area contributed by atoms with Crippen molar-refractivity contribution in [1.29, 1.82) is 0 Å². The molecule has 2 aromatic rings. The Labute approximate surface area is 183 Å².